The third-order valence-electron chi connectivity index (χ3n) is 34.3. The predicted octanol–water partition coefficient (Wildman–Crippen LogP) is 12.4. The summed E-state index contributed by atoms with van der Waals surface area (Å²) in [5, 5.41) is 86.4. The molecule has 1 unspecified atom stereocenters. The molecule has 9 saturated carbocycles. The number of benzene rings is 6. The first-order valence-corrected chi connectivity index (χ1v) is 46.7. The Hall–Kier alpha value is -10.4. The van der Waals surface area contributed by atoms with Crippen LogP contribution in [0.5, 0.6) is 0 Å². The number of hydrogen-bond acceptors (Lipinski definition) is 24. The highest BCUT2D eigenvalue weighted by Crippen LogP contribution is 2.74. The predicted molar refractivity (Wildman–Crippen MR) is 492 cm³/mol. The van der Waals surface area contributed by atoms with Crippen molar-refractivity contribution in [2.75, 3.05) is 31.3 Å². The highest BCUT2D eigenvalue weighted by atomic mass is 16.8. The van der Waals surface area contributed by atoms with Gasteiger partial charge < -0.3 is 71.3 Å². The molecule has 0 aromatic heterocycles. The molecule has 2 heterocycles. The summed E-state index contributed by atoms with van der Waals surface area (Å²) in [6.45, 7) is 11.9. The number of nitrogens with two attached hydrogens (primary N) is 2. The number of aldehydes is 1. The van der Waals surface area contributed by atoms with Gasteiger partial charge in [0, 0.05) is 114 Å². The van der Waals surface area contributed by atoms with Crippen LogP contribution < -0.4 is 11.5 Å². The zero-order valence-electron chi connectivity index (χ0n) is 76.1. The fraction of sp³-hybridized carbons (Fsp3) is 0.468. The van der Waals surface area contributed by atoms with Crippen LogP contribution in [-0.4, -0.2) is 172 Å². The average molecular weight is 1810 g/mol. The van der Waals surface area contributed by atoms with Gasteiger partial charge >= 0.3 is 0 Å². The number of ketones is 9. The molecule has 20 rings (SSSR count). The number of carbonyl (C=O) groups is 10. The molecular formula is C109H120N2O22. The minimum atomic E-state index is -2.05. The van der Waals surface area contributed by atoms with E-state index in [1.807, 2.05) is 94.5 Å². The Morgan fingerprint density at radius 1 is 0.436 bits per heavy atom. The second-order valence-corrected chi connectivity index (χ2v) is 41.3. The van der Waals surface area contributed by atoms with Gasteiger partial charge in [-0.05, 0) is 197 Å². The fourth-order valence-corrected chi connectivity index (χ4v) is 28.1. The third-order valence-corrected chi connectivity index (χ3v) is 34.3. The minimum absolute atomic E-state index is 0.00826. The van der Waals surface area contributed by atoms with Gasteiger partial charge in [-0.25, -0.2) is 0 Å². The van der Waals surface area contributed by atoms with Crippen LogP contribution >= 0.6 is 0 Å². The number of fused-ring (bicyclic) bond motifs is 19. The number of hydrogen-bond donors (Lipinski definition) is 10. The van der Waals surface area contributed by atoms with Crippen molar-refractivity contribution in [2.45, 2.75) is 211 Å². The maximum absolute atomic E-state index is 13.7. The molecule has 11 fully saturated rings. The van der Waals surface area contributed by atoms with Crippen LogP contribution in [0.1, 0.15) is 206 Å². The van der Waals surface area contributed by atoms with E-state index in [1.54, 1.807) is 140 Å². The van der Waals surface area contributed by atoms with Crippen LogP contribution in [0.25, 0.3) is 0 Å². The maximum atomic E-state index is 13.7. The van der Waals surface area contributed by atoms with Crippen molar-refractivity contribution in [2.24, 2.45) is 85.8 Å². The fourth-order valence-electron chi connectivity index (χ4n) is 28.1. The summed E-state index contributed by atoms with van der Waals surface area (Å²) in [4.78, 5) is 124. The van der Waals surface area contributed by atoms with Gasteiger partial charge in [-0.1, -0.05) is 203 Å². The van der Waals surface area contributed by atoms with E-state index < -0.39 is 136 Å². The van der Waals surface area contributed by atoms with Gasteiger partial charge in [-0.2, -0.15) is 0 Å². The minimum Gasteiger partial charge on any atom is -0.399 e. The molecule has 0 spiro atoms. The van der Waals surface area contributed by atoms with E-state index in [9.17, 15) is 88.8 Å². The lowest BCUT2D eigenvalue weighted by Gasteiger charge is -2.59. The van der Waals surface area contributed by atoms with Crippen molar-refractivity contribution in [1.82, 2.24) is 0 Å². The van der Waals surface area contributed by atoms with E-state index in [0.717, 1.165) is 83.8 Å². The smallest absolute Gasteiger partial charge is 0.193 e. The average Bonchev–Trinajstić information content (AvgIpc) is 1.52. The summed E-state index contributed by atoms with van der Waals surface area (Å²) in [6, 6.07) is 43.3. The number of aliphatic hydroxyl groups excluding tert-OH is 7. The van der Waals surface area contributed by atoms with Gasteiger partial charge in [0.05, 0.1) is 36.6 Å². The monoisotopic (exact) mass is 1810 g/mol. The Labute approximate surface area is 773 Å². The Balaban J connectivity index is 0.000000130. The molecule has 6 aromatic carbocycles. The SMILES string of the molecule is C[C@]12C=CC(=O)C=C1CC[C@@H]1[C@@H]2[C@@H](O)C[C@@]2(C)[C@H]1C[C@@H](O)[C@]2(O)C(=O)CO.C[C@]12C=CC(=O)C=C1CC[C@@H]1[C@@H]2[C@@H](O)C[C@@]2(C)[C@H]1C[C@H]1OC(c3ccc(C(=O)Cc4cccc(N)c4)cc3)O[C@]12C(=O)CO.C[C@]12C=CC(=O)C=C1CC[C@@H]1[C@@H]2[C@@H](O)C[C@@]2(C)[C@H]1C[C@H]1O[C@@H](c3ccc(C(=O)Cc4cccc(N)c4)cc3)O[C@]12C(=O)CO.Cc1cccc(CC(=O)c2ccc(C=O)cc2)c1. The Morgan fingerprint density at radius 2 is 0.774 bits per heavy atom. The number of carbonyl (C=O) groups excluding carboxylic acids is 10. The maximum Gasteiger partial charge on any atom is 0.193 e. The van der Waals surface area contributed by atoms with E-state index in [1.165, 1.54) is 0 Å². The largest absolute Gasteiger partial charge is 0.399 e. The molecule has 26 atom stereocenters. The first-order chi connectivity index (χ1) is 63.3. The van der Waals surface area contributed by atoms with E-state index in [4.69, 9.17) is 30.4 Å². The van der Waals surface area contributed by atoms with Crippen LogP contribution in [0.3, 0.4) is 0 Å². The summed E-state index contributed by atoms with van der Waals surface area (Å²) in [5.41, 5.74) is 14.9. The number of aryl methyl sites for hydroxylation is 1. The topological polar surface area (TPSA) is 422 Å². The van der Waals surface area contributed by atoms with Crippen molar-refractivity contribution < 1.29 is 108 Å². The highest BCUT2D eigenvalue weighted by Gasteiger charge is 2.79. The molecule has 6 aromatic rings. The second kappa shape index (κ2) is 35.7. The molecular weight excluding hydrogens is 1690 g/mol. The number of aliphatic hydroxyl groups is 8. The van der Waals surface area contributed by atoms with Crippen molar-refractivity contribution in [3.05, 3.63) is 273 Å². The van der Waals surface area contributed by atoms with Crippen molar-refractivity contribution >= 4 is 69.7 Å². The van der Waals surface area contributed by atoms with Gasteiger partial charge in [0.15, 0.2) is 81.4 Å². The van der Waals surface area contributed by atoms with Crippen LogP contribution in [0.4, 0.5) is 11.4 Å². The number of rotatable bonds is 18. The lowest BCUT2D eigenvalue weighted by molar-refractivity contribution is -0.201. The van der Waals surface area contributed by atoms with E-state index in [2.05, 4.69) is 13.8 Å². The zero-order chi connectivity index (χ0) is 94.8. The van der Waals surface area contributed by atoms with Crippen LogP contribution in [-0.2, 0) is 67.0 Å². The molecule has 0 bridgehead atoms. The first-order valence-electron chi connectivity index (χ1n) is 46.7. The zero-order valence-corrected chi connectivity index (χ0v) is 76.1. The van der Waals surface area contributed by atoms with Crippen LogP contribution in [0.2, 0.25) is 0 Å². The van der Waals surface area contributed by atoms with Crippen LogP contribution in [0.15, 0.2) is 217 Å². The standard InChI is InChI=1S/2C36H39NO7.C21H28O6.C16H14O2/c2*1-34-13-12-25(39)16-23(34)10-11-26-27-17-31-36(30(42)19-38,35(27,2)18-29(41)32(26)34)44-33(43-31)22-8-6-21(7-9-22)28(40)15-20-4-3-5-24(37)14-20;1-19-6-5-12(23)7-11(19)3-4-13-14-8-16(25)21(27,17(26)10-22)20(14,2)9-15(24)18(13)19;1-12-3-2-4-14(9-12)10-16(18)15-7-5-13(11-17)6-8-15/h2*3-9,12-14,16,26-27,29,31-33,38,41H,10-11,15,17-19,37H2,1-2H3;5-7,13-16,18,22,24-25,27H,3-4,8-10H2,1-2H3;2-9,11H,10H2,1H3/t26-,27-,29-,31+,32+,33?,34-,35-,36+;26-,27-,29-,31+,32+,33+,34-,35-,36+;13-,14-,15-,16+,18+,19-,20-,21-;/m000./s1. The molecule has 2 aliphatic heterocycles. The molecule has 14 aliphatic rings. The summed E-state index contributed by atoms with van der Waals surface area (Å²) >= 11 is 0. The van der Waals surface area contributed by atoms with Gasteiger partial charge in [-0.15, -0.1) is 0 Å². The molecule has 698 valence electrons. The number of anilines is 2. The third kappa shape index (κ3) is 15.7. The van der Waals surface area contributed by atoms with Crippen LogP contribution in [0, 0.1) is 92.7 Å². The van der Waals surface area contributed by atoms with Gasteiger partial charge in [-0.3, -0.25) is 47.9 Å². The van der Waals surface area contributed by atoms with Gasteiger partial charge in [0.2, 0.25) is 0 Å². The molecule has 24 heteroatoms. The van der Waals surface area contributed by atoms with E-state index in [-0.39, 0.29) is 114 Å². The summed E-state index contributed by atoms with van der Waals surface area (Å²) < 4.78 is 26.4. The molecule has 0 amide bonds. The number of nitrogen functional groups attached to an aromatic ring is 2. The number of allylic oxidation sites excluding steroid dienone is 12. The Bertz CT molecular complexity index is 5630. The van der Waals surface area contributed by atoms with Crippen molar-refractivity contribution in [3.8, 4) is 0 Å². The number of ether oxygens (including phenoxy) is 4. The van der Waals surface area contributed by atoms with E-state index >= 15 is 0 Å². The summed E-state index contributed by atoms with van der Waals surface area (Å²) in [5.74, 6) is -1.97. The summed E-state index contributed by atoms with van der Waals surface area (Å²) in [7, 11) is 0. The lowest BCUT2D eigenvalue weighted by atomic mass is 9.46. The molecule has 133 heavy (non-hydrogen) atoms. The van der Waals surface area contributed by atoms with Gasteiger partial charge in [0.1, 0.15) is 26.1 Å². The Kier molecular flexibility index (Phi) is 25.3. The van der Waals surface area contributed by atoms with Crippen molar-refractivity contribution in [3.63, 3.8) is 0 Å². The molecule has 12 N–H and O–H groups in total. The Morgan fingerprint density at radius 3 is 1.12 bits per heavy atom. The van der Waals surface area contributed by atoms with E-state index in [0.29, 0.717) is 76.9 Å². The number of Topliss-reactive ketones (excluding diaryl/α,β-unsaturated/α-hetero) is 6. The quantitative estimate of drug-likeness (QED) is 0.0217. The molecule has 24 nitrogen and oxygen atoms in total. The summed E-state index contributed by atoms with van der Waals surface area (Å²) in [6.07, 6.45) is 17.7. The molecule has 0 radical (unpaired) electrons. The first kappa shape index (κ1) is 94.4. The highest BCUT2D eigenvalue weighted by molar-refractivity contribution is 6.03. The molecule has 12 aliphatic carbocycles. The van der Waals surface area contributed by atoms with Crippen molar-refractivity contribution in [1.29, 1.82) is 0 Å². The normalized spacial score (nSPS) is 37.4. The second-order valence-electron chi connectivity index (χ2n) is 41.3. The lowest BCUT2D eigenvalue weighted by Crippen LogP contribution is -2.63. The molecule has 2 saturated heterocycles. The van der Waals surface area contributed by atoms with Gasteiger partial charge in [0.25, 0.3) is 0 Å².